The topological polar surface area (TPSA) is 96.2 Å². The van der Waals surface area contributed by atoms with E-state index in [0.29, 0.717) is 17.5 Å². The molecule has 2 aromatic carbocycles. The smallest absolute Gasteiger partial charge is 0.336 e. The first kappa shape index (κ1) is 26.8. The summed E-state index contributed by atoms with van der Waals surface area (Å²) in [6.07, 6.45) is 5.07. The number of carboxylic acid groups (broad SMARTS) is 1. The summed E-state index contributed by atoms with van der Waals surface area (Å²) >= 11 is 0. The number of hydrogen-bond acceptors (Lipinski definition) is 5. The van der Waals surface area contributed by atoms with Gasteiger partial charge in [-0.25, -0.2) is 4.79 Å². The van der Waals surface area contributed by atoms with E-state index >= 15 is 0 Å². The molecule has 0 aromatic heterocycles. The highest BCUT2D eigenvalue weighted by molar-refractivity contribution is 5.97. The van der Waals surface area contributed by atoms with E-state index in [4.69, 9.17) is 9.47 Å². The van der Waals surface area contributed by atoms with Gasteiger partial charge in [0.1, 0.15) is 12.2 Å². The van der Waals surface area contributed by atoms with Crippen LogP contribution in [0.4, 0.5) is 0 Å². The Balaban J connectivity index is 1.88. The fourth-order valence-corrected chi connectivity index (χ4v) is 4.27. The average Bonchev–Trinajstić information content (AvgIpc) is 3.11. The van der Waals surface area contributed by atoms with Crippen LogP contribution in [-0.4, -0.2) is 51.5 Å². The highest BCUT2D eigenvalue weighted by atomic mass is 16.8. The third kappa shape index (κ3) is 6.67. The number of hydrogen-bond donors (Lipinski definition) is 3. The lowest BCUT2D eigenvalue weighted by Crippen LogP contribution is -2.34. The molecule has 1 unspecified atom stereocenters. The number of benzene rings is 2. The van der Waals surface area contributed by atoms with Crippen molar-refractivity contribution in [2.45, 2.75) is 71.2 Å². The van der Waals surface area contributed by atoms with Gasteiger partial charge in [-0.15, -0.1) is 0 Å². The fraction of sp³-hybridized carbons (Fsp3) is 0.414. The predicted octanol–water partition coefficient (Wildman–Crippen LogP) is 5.22. The molecule has 1 aliphatic heterocycles. The van der Waals surface area contributed by atoms with Crippen LogP contribution in [0, 0.1) is 12.8 Å². The van der Waals surface area contributed by atoms with Gasteiger partial charge in [0.05, 0.1) is 17.8 Å². The first-order valence-corrected chi connectivity index (χ1v) is 12.0. The van der Waals surface area contributed by atoms with E-state index in [1.165, 1.54) is 0 Å². The minimum atomic E-state index is -0.979. The lowest BCUT2D eigenvalue weighted by atomic mass is 9.91. The Kier molecular flexibility index (Phi) is 8.67. The molecule has 1 saturated heterocycles. The van der Waals surface area contributed by atoms with Crippen molar-refractivity contribution in [1.82, 2.24) is 0 Å². The van der Waals surface area contributed by atoms with Gasteiger partial charge in [0, 0.05) is 0 Å². The summed E-state index contributed by atoms with van der Waals surface area (Å²) in [6, 6.07) is 13.4. The third-order valence-electron chi connectivity index (χ3n) is 6.34. The molecule has 6 nitrogen and oxygen atoms in total. The lowest BCUT2D eigenvalue weighted by molar-refractivity contribution is -0.152. The summed E-state index contributed by atoms with van der Waals surface area (Å²) < 4.78 is 12.0. The van der Waals surface area contributed by atoms with Crippen LogP contribution in [0.3, 0.4) is 0 Å². The van der Waals surface area contributed by atoms with Crippen molar-refractivity contribution in [2.75, 3.05) is 0 Å². The van der Waals surface area contributed by atoms with Crippen molar-refractivity contribution < 1.29 is 29.6 Å². The lowest BCUT2D eigenvalue weighted by Gasteiger charge is -2.20. The van der Waals surface area contributed by atoms with Gasteiger partial charge in [-0.05, 0) is 62.3 Å². The van der Waals surface area contributed by atoms with E-state index in [2.05, 4.69) is 0 Å². The van der Waals surface area contributed by atoms with Crippen LogP contribution < -0.4 is 0 Å². The molecule has 188 valence electrons. The summed E-state index contributed by atoms with van der Waals surface area (Å²) in [4.78, 5) is 12.1. The van der Waals surface area contributed by atoms with Crippen molar-refractivity contribution in [3.63, 3.8) is 0 Å². The Morgan fingerprint density at radius 3 is 2.37 bits per heavy atom. The van der Waals surface area contributed by atoms with Crippen molar-refractivity contribution in [3.05, 3.63) is 77.4 Å². The van der Waals surface area contributed by atoms with Crippen LogP contribution in [-0.2, 0) is 9.47 Å². The largest absolute Gasteiger partial charge is 0.478 e. The zero-order valence-corrected chi connectivity index (χ0v) is 21.0. The molecule has 0 aliphatic carbocycles. The van der Waals surface area contributed by atoms with Gasteiger partial charge in [0.25, 0.3) is 0 Å². The molecule has 2 aromatic rings. The minimum Gasteiger partial charge on any atom is -0.478 e. The molecule has 5 atom stereocenters. The van der Waals surface area contributed by atoms with E-state index in [9.17, 15) is 20.1 Å². The van der Waals surface area contributed by atoms with Crippen LogP contribution in [0.25, 0.3) is 17.2 Å². The van der Waals surface area contributed by atoms with E-state index < -0.39 is 36.2 Å². The molecular weight excluding hydrogens is 444 g/mol. The van der Waals surface area contributed by atoms with E-state index in [-0.39, 0.29) is 11.5 Å². The van der Waals surface area contributed by atoms with Crippen LogP contribution in [0.15, 0.2) is 60.7 Å². The summed E-state index contributed by atoms with van der Waals surface area (Å²) in [5.41, 5.74) is 3.34. The normalized spacial score (nSPS) is 22.5. The monoisotopic (exact) mass is 480 g/mol. The maximum atomic E-state index is 12.1. The molecule has 3 rings (SSSR count). The molecule has 0 radical (unpaired) electrons. The molecule has 0 saturated carbocycles. The Morgan fingerprint density at radius 2 is 1.74 bits per heavy atom. The number of aryl methyl sites for hydroxylation is 1. The number of rotatable bonds is 9. The molecule has 6 heteroatoms. The van der Waals surface area contributed by atoms with Crippen LogP contribution in [0.5, 0.6) is 0 Å². The number of aliphatic hydroxyl groups is 2. The van der Waals surface area contributed by atoms with Crippen LogP contribution >= 0.6 is 0 Å². The predicted molar refractivity (Wildman–Crippen MR) is 137 cm³/mol. The van der Waals surface area contributed by atoms with Gasteiger partial charge in [-0.3, -0.25) is 0 Å². The second-order valence-corrected chi connectivity index (χ2v) is 9.64. The number of aliphatic hydroxyl groups excluding tert-OH is 2. The summed E-state index contributed by atoms with van der Waals surface area (Å²) in [5, 5.41) is 30.4. The maximum Gasteiger partial charge on any atom is 0.336 e. The zero-order chi connectivity index (χ0) is 25.8. The Bertz CT molecular complexity index is 1070. The van der Waals surface area contributed by atoms with Gasteiger partial charge in [-0.2, -0.15) is 0 Å². The third-order valence-corrected chi connectivity index (χ3v) is 6.34. The summed E-state index contributed by atoms with van der Waals surface area (Å²) in [6.45, 7) is 8.97. The zero-order valence-electron chi connectivity index (χ0n) is 21.0. The SMILES string of the molecule is Cc1ccc(-c2ccccc2)c(/C=C/C[C@@H]2OC(C)(C)O[C@@H]2C(O)/C=C\[C@@H](C)[C@H](C)O)c1C(=O)O. The van der Waals surface area contributed by atoms with Gasteiger partial charge >= 0.3 is 5.97 Å². The second-order valence-electron chi connectivity index (χ2n) is 9.64. The molecule has 0 amide bonds. The highest BCUT2D eigenvalue weighted by Gasteiger charge is 2.43. The Morgan fingerprint density at radius 1 is 1.06 bits per heavy atom. The minimum absolute atomic E-state index is 0.106. The molecular formula is C29H36O6. The van der Waals surface area contributed by atoms with Crippen molar-refractivity contribution in [2.24, 2.45) is 5.92 Å². The van der Waals surface area contributed by atoms with Gasteiger partial charge < -0.3 is 24.8 Å². The maximum absolute atomic E-state index is 12.1. The van der Waals surface area contributed by atoms with Crippen molar-refractivity contribution >= 4 is 12.0 Å². The van der Waals surface area contributed by atoms with Gasteiger partial charge in [0.15, 0.2) is 5.79 Å². The molecule has 35 heavy (non-hydrogen) atoms. The first-order valence-electron chi connectivity index (χ1n) is 12.0. The molecule has 1 heterocycles. The molecule has 0 spiro atoms. The number of ether oxygens (including phenoxy) is 2. The molecule has 1 aliphatic rings. The van der Waals surface area contributed by atoms with Crippen LogP contribution in [0.2, 0.25) is 0 Å². The highest BCUT2D eigenvalue weighted by Crippen LogP contribution is 2.34. The number of aromatic carboxylic acids is 1. The second kappa shape index (κ2) is 11.3. The standard InChI is InChI=1S/C29H36O6/c1-18(20(3)30)15-17-24(31)27-25(34-29(4,5)35-27)13-9-12-23-22(21-10-7-6-8-11-21)16-14-19(2)26(23)28(32)33/h6-12,14-18,20,24-25,27,30-31H,13H2,1-5H3,(H,32,33)/b12-9+,17-15-/t18-,20+,24?,25+,27-/m1/s1. The quantitative estimate of drug-likeness (QED) is 0.426. The van der Waals surface area contributed by atoms with Crippen molar-refractivity contribution in [1.29, 1.82) is 0 Å². The Labute approximate surface area is 207 Å². The molecule has 1 fully saturated rings. The van der Waals surface area contributed by atoms with E-state index in [1.54, 1.807) is 39.8 Å². The Hall–Kier alpha value is -2.77. The first-order chi connectivity index (χ1) is 16.5. The molecule has 3 N–H and O–H groups in total. The summed E-state index contributed by atoms with van der Waals surface area (Å²) in [7, 11) is 0. The average molecular weight is 481 g/mol. The van der Waals surface area contributed by atoms with Crippen molar-refractivity contribution in [3.8, 4) is 11.1 Å². The number of carboxylic acids is 1. The number of carbonyl (C=O) groups is 1. The van der Waals surface area contributed by atoms with E-state index in [1.807, 2.05) is 61.5 Å². The fourth-order valence-electron chi connectivity index (χ4n) is 4.27. The molecule has 0 bridgehead atoms. The van der Waals surface area contributed by atoms with Crippen LogP contribution in [0.1, 0.15) is 55.6 Å². The summed E-state index contributed by atoms with van der Waals surface area (Å²) in [5.74, 6) is -1.95. The van der Waals surface area contributed by atoms with Gasteiger partial charge in [-0.1, -0.05) is 73.7 Å². The van der Waals surface area contributed by atoms with Gasteiger partial charge in [0.2, 0.25) is 0 Å². The van der Waals surface area contributed by atoms with E-state index in [0.717, 1.165) is 11.1 Å².